The SMILES string of the molecule is Cc1ccc(NS(=O)(=O)c2ccc(N3C(=O)c4ccccc4C3=O)cc2)c(C)c1. The molecule has 29 heavy (non-hydrogen) atoms. The van der Waals surface area contributed by atoms with Crippen LogP contribution in [0.1, 0.15) is 31.8 Å². The number of aryl methyl sites for hydroxylation is 2. The number of benzene rings is 3. The Kier molecular flexibility index (Phi) is 4.47. The number of carbonyl (C=O) groups is 2. The van der Waals surface area contributed by atoms with Crippen LogP contribution >= 0.6 is 0 Å². The average molecular weight is 406 g/mol. The molecular weight excluding hydrogens is 388 g/mol. The Labute approximate surface area is 168 Å². The molecule has 3 aromatic rings. The van der Waals surface area contributed by atoms with E-state index >= 15 is 0 Å². The van der Waals surface area contributed by atoms with Crippen LogP contribution in [0.3, 0.4) is 0 Å². The van der Waals surface area contributed by atoms with Gasteiger partial charge in [0.2, 0.25) is 0 Å². The predicted octanol–water partition coefficient (Wildman–Crippen LogP) is 3.90. The maximum atomic E-state index is 12.7. The van der Waals surface area contributed by atoms with Crippen molar-refractivity contribution >= 4 is 33.2 Å². The van der Waals surface area contributed by atoms with Gasteiger partial charge in [-0.1, -0.05) is 29.8 Å². The van der Waals surface area contributed by atoms with Crippen molar-refractivity contribution in [3.63, 3.8) is 0 Å². The number of nitrogens with one attached hydrogen (secondary N) is 1. The largest absolute Gasteiger partial charge is 0.279 e. The summed E-state index contributed by atoms with van der Waals surface area (Å²) >= 11 is 0. The van der Waals surface area contributed by atoms with Gasteiger partial charge in [0, 0.05) is 0 Å². The number of amides is 2. The molecular formula is C22H18N2O4S. The lowest BCUT2D eigenvalue weighted by atomic mass is 10.1. The average Bonchev–Trinajstić information content (AvgIpc) is 2.95. The van der Waals surface area contributed by atoms with E-state index in [1.165, 1.54) is 24.3 Å². The van der Waals surface area contributed by atoms with Gasteiger partial charge in [0.1, 0.15) is 0 Å². The zero-order valence-electron chi connectivity index (χ0n) is 15.8. The summed E-state index contributed by atoms with van der Waals surface area (Å²) < 4.78 is 28.0. The van der Waals surface area contributed by atoms with Crippen LogP contribution in [0.25, 0.3) is 0 Å². The second-order valence-electron chi connectivity index (χ2n) is 6.91. The van der Waals surface area contributed by atoms with Crippen molar-refractivity contribution in [2.75, 3.05) is 9.62 Å². The number of hydrogen-bond acceptors (Lipinski definition) is 4. The molecule has 7 heteroatoms. The molecule has 1 aliphatic heterocycles. The van der Waals surface area contributed by atoms with Crippen LogP contribution in [-0.4, -0.2) is 20.2 Å². The fourth-order valence-corrected chi connectivity index (χ4v) is 4.46. The molecule has 1 heterocycles. The summed E-state index contributed by atoms with van der Waals surface area (Å²) in [7, 11) is -3.81. The van der Waals surface area contributed by atoms with Gasteiger partial charge >= 0.3 is 0 Å². The molecule has 0 atom stereocenters. The highest BCUT2D eigenvalue weighted by atomic mass is 32.2. The molecule has 1 aliphatic rings. The standard InChI is InChI=1S/C22H18N2O4S/c1-14-7-12-20(15(2)13-14)23-29(27,28)17-10-8-16(9-11-17)24-21(25)18-5-3-4-6-19(18)22(24)26/h3-13,23H,1-2H3. The fraction of sp³-hybridized carbons (Fsp3) is 0.0909. The zero-order valence-corrected chi connectivity index (χ0v) is 16.7. The summed E-state index contributed by atoms with van der Waals surface area (Å²) in [6, 6.07) is 17.7. The van der Waals surface area contributed by atoms with Gasteiger partial charge in [-0.25, -0.2) is 13.3 Å². The first-order valence-electron chi connectivity index (χ1n) is 8.96. The molecule has 0 saturated heterocycles. The van der Waals surface area contributed by atoms with Crippen molar-refractivity contribution in [3.8, 4) is 0 Å². The van der Waals surface area contributed by atoms with E-state index in [0.717, 1.165) is 16.0 Å². The van der Waals surface area contributed by atoms with Gasteiger partial charge in [0.05, 0.1) is 27.4 Å². The van der Waals surface area contributed by atoms with Gasteiger partial charge < -0.3 is 0 Å². The molecule has 0 unspecified atom stereocenters. The molecule has 0 aromatic heterocycles. The predicted molar refractivity (Wildman–Crippen MR) is 111 cm³/mol. The van der Waals surface area contributed by atoms with E-state index in [9.17, 15) is 18.0 Å². The maximum absolute atomic E-state index is 12.7. The molecule has 3 aromatic carbocycles. The Bertz CT molecular complexity index is 1210. The van der Waals surface area contributed by atoms with E-state index in [2.05, 4.69) is 4.72 Å². The molecule has 6 nitrogen and oxygen atoms in total. The number of carbonyl (C=O) groups excluding carboxylic acids is 2. The lowest BCUT2D eigenvalue weighted by Crippen LogP contribution is -2.29. The third-order valence-corrected chi connectivity index (χ3v) is 6.21. The van der Waals surface area contributed by atoms with E-state index in [1.54, 1.807) is 30.3 Å². The van der Waals surface area contributed by atoms with Crippen LogP contribution in [0.2, 0.25) is 0 Å². The van der Waals surface area contributed by atoms with E-state index < -0.39 is 21.8 Å². The van der Waals surface area contributed by atoms with Gasteiger partial charge in [-0.2, -0.15) is 0 Å². The van der Waals surface area contributed by atoms with Gasteiger partial charge in [-0.15, -0.1) is 0 Å². The second kappa shape index (κ2) is 6.86. The first-order valence-corrected chi connectivity index (χ1v) is 10.4. The van der Waals surface area contributed by atoms with Gasteiger partial charge in [-0.05, 0) is 61.9 Å². The molecule has 146 valence electrons. The molecule has 0 bridgehead atoms. The molecule has 0 radical (unpaired) electrons. The van der Waals surface area contributed by atoms with E-state index in [-0.39, 0.29) is 4.90 Å². The third kappa shape index (κ3) is 3.30. The molecule has 4 rings (SSSR count). The van der Waals surface area contributed by atoms with Crippen LogP contribution in [0.5, 0.6) is 0 Å². The first-order chi connectivity index (χ1) is 13.8. The number of imide groups is 1. The highest BCUT2D eigenvalue weighted by molar-refractivity contribution is 7.92. The van der Waals surface area contributed by atoms with Crippen LogP contribution in [-0.2, 0) is 10.0 Å². The summed E-state index contributed by atoms with van der Waals surface area (Å²) in [5.74, 6) is -0.843. The zero-order chi connectivity index (χ0) is 20.8. The Morgan fingerprint density at radius 1 is 0.793 bits per heavy atom. The van der Waals surface area contributed by atoms with Crippen LogP contribution in [0.4, 0.5) is 11.4 Å². The Hall–Kier alpha value is -3.45. The van der Waals surface area contributed by atoms with Crippen molar-refractivity contribution in [1.82, 2.24) is 0 Å². The smallest absolute Gasteiger partial charge is 0.266 e. The summed E-state index contributed by atoms with van der Waals surface area (Å²) in [4.78, 5) is 26.2. The Morgan fingerprint density at radius 2 is 1.38 bits per heavy atom. The molecule has 0 aliphatic carbocycles. The molecule has 0 saturated carbocycles. The summed E-state index contributed by atoms with van der Waals surface area (Å²) in [5, 5.41) is 0. The minimum Gasteiger partial charge on any atom is -0.279 e. The minimum absolute atomic E-state index is 0.0397. The van der Waals surface area contributed by atoms with Gasteiger partial charge in [-0.3, -0.25) is 14.3 Å². The molecule has 0 spiro atoms. The summed E-state index contributed by atoms with van der Waals surface area (Å²) in [5.41, 5.74) is 3.35. The van der Waals surface area contributed by atoms with Crippen molar-refractivity contribution in [3.05, 3.63) is 89.0 Å². The Morgan fingerprint density at radius 3 is 1.93 bits per heavy atom. The summed E-state index contributed by atoms with van der Waals surface area (Å²) in [6.45, 7) is 3.76. The third-order valence-electron chi connectivity index (χ3n) is 4.83. The number of fused-ring (bicyclic) bond motifs is 1. The summed E-state index contributed by atoms with van der Waals surface area (Å²) in [6.07, 6.45) is 0. The van der Waals surface area contributed by atoms with Crippen molar-refractivity contribution in [2.45, 2.75) is 18.7 Å². The van der Waals surface area contributed by atoms with E-state index in [0.29, 0.717) is 22.5 Å². The highest BCUT2D eigenvalue weighted by Crippen LogP contribution is 2.29. The maximum Gasteiger partial charge on any atom is 0.266 e. The molecule has 0 fully saturated rings. The van der Waals surface area contributed by atoms with E-state index in [4.69, 9.17) is 0 Å². The number of rotatable bonds is 4. The number of hydrogen-bond donors (Lipinski definition) is 1. The van der Waals surface area contributed by atoms with Crippen molar-refractivity contribution < 1.29 is 18.0 Å². The number of nitrogens with zero attached hydrogens (tertiary/aromatic N) is 1. The molecule has 2 amide bonds. The second-order valence-corrected chi connectivity index (χ2v) is 8.59. The monoisotopic (exact) mass is 406 g/mol. The molecule has 1 N–H and O–H groups in total. The topological polar surface area (TPSA) is 83.6 Å². The quantitative estimate of drug-likeness (QED) is 0.666. The van der Waals surface area contributed by atoms with Gasteiger partial charge in [0.15, 0.2) is 0 Å². The Balaban J connectivity index is 1.61. The highest BCUT2D eigenvalue weighted by Gasteiger charge is 2.36. The van der Waals surface area contributed by atoms with Gasteiger partial charge in [0.25, 0.3) is 21.8 Å². The minimum atomic E-state index is -3.81. The van der Waals surface area contributed by atoms with Crippen LogP contribution in [0, 0.1) is 13.8 Å². The van der Waals surface area contributed by atoms with E-state index in [1.807, 2.05) is 26.0 Å². The number of sulfonamides is 1. The lowest BCUT2D eigenvalue weighted by molar-refractivity contribution is 0.0926. The van der Waals surface area contributed by atoms with Crippen molar-refractivity contribution in [1.29, 1.82) is 0 Å². The van der Waals surface area contributed by atoms with Crippen LogP contribution < -0.4 is 9.62 Å². The fourth-order valence-electron chi connectivity index (χ4n) is 3.33. The van der Waals surface area contributed by atoms with Crippen molar-refractivity contribution in [2.24, 2.45) is 0 Å². The number of anilines is 2. The first kappa shape index (κ1) is 18.9. The van der Waals surface area contributed by atoms with Crippen LogP contribution in [0.15, 0.2) is 71.6 Å². The normalized spacial score (nSPS) is 13.5. The lowest BCUT2D eigenvalue weighted by Gasteiger charge is -2.15.